The molecule has 3 heteroatoms. The molecule has 19 heavy (non-hydrogen) atoms. The van der Waals surface area contributed by atoms with Gasteiger partial charge in [0.25, 0.3) is 0 Å². The quantitative estimate of drug-likeness (QED) is 0.787. The molecule has 3 rings (SSSR count). The average molecular weight is 266 g/mol. The van der Waals surface area contributed by atoms with Crippen molar-refractivity contribution in [1.82, 2.24) is 9.80 Å². The maximum Gasteiger partial charge on any atom is 0.0555 e. The van der Waals surface area contributed by atoms with Gasteiger partial charge in [-0.3, -0.25) is 4.90 Å². The molecule has 3 aliphatic rings. The number of aliphatic hydroxyl groups is 1. The normalized spacial score (nSPS) is 37.6. The van der Waals surface area contributed by atoms with E-state index in [0.29, 0.717) is 11.5 Å². The predicted octanol–water partition coefficient (Wildman–Crippen LogP) is 2.10. The molecule has 1 saturated heterocycles. The molecule has 0 aromatic heterocycles. The van der Waals surface area contributed by atoms with E-state index in [1.165, 1.54) is 64.7 Å². The van der Waals surface area contributed by atoms with Crippen molar-refractivity contribution in [3.05, 3.63) is 0 Å². The number of aliphatic hydroxyl groups excluding tert-OH is 1. The maximum atomic E-state index is 10.1. The molecule has 2 atom stereocenters. The average Bonchev–Trinajstić information content (AvgIpc) is 2.76. The summed E-state index contributed by atoms with van der Waals surface area (Å²) in [7, 11) is 2.24. The van der Waals surface area contributed by atoms with Crippen molar-refractivity contribution >= 4 is 0 Å². The molecule has 2 unspecified atom stereocenters. The van der Waals surface area contributed by atoms with E-state index in [9.17, 15) is 5.11 Å². The minimum atomic E-state index is -0.0443. The molecule has 0 aromatic rings. The molecular weight excluding hydrogens is 236 g/mol. The van der Waals surface area contributed by atoms with Crippen molar-refractivity contribution in [2.24, 2.45) is 5.41 Å². The molecule has 110 valence electrons. The van der Waals surface area contributed by atoms with Gasteiger partial charge in [0.15, 0.2) is 0 Å². The minimum Gasteiger partial charge on any atom is -0.393 e. The molecule has 0 aromatic carbocycles. The van der Waals surface area contributed by atoms with Crippen LogP contribution in [0.5, 0.6) is 0 Å². The van der Waals surface area contributed by atoms with Crippen LogP contribution in [0.4, 0.5) is 0 Å². The van der Waals surface area contributed by atoms with Crippen LogP contribution in [0.2, 0.25) is 0 Å². The highest BCUT2D eigenvalue weighted by Gasteiger charge is 2.47. The Labute approximate surface area is 118 Å². The summed E-state index contributed by atoms with van der Waals surface area (Å²) < 4.78 is 0. The topological polar surface area (TPSA) is 26.7 Å². The van der Waals surface area contributed by atoms with E-state index < -0.39 is 0 Å². The molecule has 1 spiro atoms. The van der Waals surface area contributed by atoms with E-state index in [-0.39, 0.29) is 6.10 Å². The highest BCUT2D eigenvalue weighted by Crippen LogP contribution is 2.51. The molecule has 2 saturated carbocycles. The molecule has 0 radical (unpaired) electrons. The molecule has 1 aliphatic heterocycles. The number of rotatable bonds is 1. The zero-order valence-electron chi connectivity index (χ0n) is 12.5. The van der Waals surface area contributed by atoms with Crippen LogP contribution in [0.25, 0.3) is 0 Å². The zero-order valence-corrected chi connectivity index (χ0v) is 12.5. The van der Waals surface area contributed by atoms with E-state index in [1.807, 2.05) is 0 Å². The third-order valence-electron chi connectivity index (χ3n) is 5.97. The van der Waals surface area contributed by atoms with E-state index >= 15 is 0 Å². The first-order valence-corrected chi connectivity index (χ1v) is 8.30. The SMILES string of the molecule is CN1CCCN(C2CC(O)CCC23CCCC3)CC1. The van der Waals surface area contributed by atoms with Crippen molar-refractivity contribution in [1.29, 1.82) is 0 Å². The number of nitrogens with zero attached hydrogens (tertiary/aromatic N) is 2. The second kappa shape index (κ2) is 5.71. The standard InChI is InChI=1S/C16H30N2O/c1-17-9-4-10-18(12-11-17)15-13-14(19)5-8-16(15)6-2-3-7-16/h14-15,19H,2-13H2,1H3. The highest BCUT2D eigenvalue weighted by molar-refractivity contribution is 5.00. The Morgan fingerprint density at radius 1 is 0.947 bits per heavy atom. The smallest absolute Gasteiger partial charge is 0.0555 e. The lowest BCUT2D eigenvalue weighted by atomic mass is 9.67. The summed E-state index contributed by atoms with van der Waals surface area (Å²) in [6, 6.07) is 0.658. The van der Waals surface area contributed by atoms with Gasteiger partial charge in [0, 0.05) is 19.1 Å². The first kappa shape index (κ1) is 13.8. The second-order valence-corrected chi connectivity index (χ2v) is 7.21. The van der Waals surface area contributed by atoms with Crippen molar-refractivity contribution in [2.45, 2.75) is 63.5 Å². The fraction of sp³-hybridized carbons (Fsp3) is 1.00. The van der Waals surface area contributed by atoms with E-state index in [4.69, 9.17) is 0 Å². The van der Waals surface area contributed by atoms with Gasteiger partial charge in [-0.15, -0.1) is 0 Å². The fourth-order valence-corrected chi connectivity index (χ4v) is 4.82. The van der Waals surface area contributed by atoms with E-state index in [1.54, 1.807) is 0 Å². The number of hydrogen-bond donors (Lipinski definition) is 1. The fourth-order valence-electron chi connectivity index (χ4n) is 4.82. The Bertz CT molecular complexity index is 301. The van der Waals surface area contributed by atoms with Gasteiger partial charge in [0.2, 0.25) is 0 Å². The van der Waals surface area contributed by atoms with Gasteiger partial charge in [-0.05, 0) is 64.1 Å². The Morgan fingerprint density at radius 3 is 2.53 bits per heavy atom. The summed E-state index contributed by atoms with van der Waals surface area (Å²) in [5, 5.41) is 10.1. The Morgan fingerprint density at radius 2 is 1.74 bits per heavy atom. The predicted molar refractivity (Wildman–Crippen MR) is 78.2 cm³/mol. The van der Waals surface area contributed by atoms with Crippen molar-refractivity contribution < 1.29 is 5.11 Å². The van der Waals surface area contributed by atoms with Gasteiger partial charge >= 0.3 is 0 Å². The lowest BCUT2D eigenvalue weighted by Crippen LogP contribution is -2.52. The van der Waals surface area contributed by atoms with E-state index in [2.05, 4.69) is 16.8 Å². The summed E-state index contributed by atoms with van der Waals surface area (Å²) in [4.78, 5) is 5.19. The third-order valence-corrected chi connectivity index (χ3v) is 5.97. The van der Waals surface area contributed by atoms with Crippen LogP contribution < -0.4 is 0 Å². The van der Waals surface area contributed by atoms with Gasteiger partial charge < -0.3 is 10.0 Å². The first-order chi connectivity index (χ1) is 9.20. The summed E-state index contributed by atoms with van der Waals surface area (Å²) in [6.07, 6.45) is 10.3. The monoisotopic (exact) mass is 266 g/mol. The maximum absolute atomic E-state index is 10.1. The largest absolute Gasteiger partial charge is 0.393 e. The summed E-state index contributed by atoms with van der Waals surface area (Å²) in [5.74, 6) is 0. The van der Waals surface area contributed by atoms with Gasteiger partial charge in [0.05, 0.1) is 6.10 Å². The summed E-state index contributed by atoms with van der Waals surface area (Å²) in [6.45, 7) is 4.88. The molecule has 3 nitrogen and oxygen atoms in total. The molecular formula is C16H30N2O. The minimum absolute atomic E-state index is 0.0443. The lowest BCUT2D eigenvalue weighted by molar-refractivity contribution is -0.0248. The second-order valence-electron chi connectivity index (χ2n) is 7.21. The van der Waals surface area contributed by atoms with Gasteiger partial charge in [-0.1, -0.05) is 12.8 Å². The zero-order chi connectivity index (χ0) is 13.3. The van der Waals surface area contributed by atoms with Crippen molar-refractivity contribution in [3.63, 3.8) is 0 Å². The molecule has 0 amide bonds. The van der Waals surface area contributed by atoms with Crippen LogP contribution >= 0.6 is 0 Å². The lowest BCUT2D eigenvalue weighted by Gasteiger charge is -2.48. The first-order valence-electron chi connectivity index (χ1n) is 8.30. The number of hydrogen-bond acceptors (Lipinski definition) is 3. The van der Waals surface area contributed by atoms with Crippen LogP contribution in [0.3, 0.4) is 0 Å². The van der Waals surface area contributed by atoms with Crippen molar-refractivity contribution in [2.75, 3.05) is 33.2 Å². The van der Waals surface area contributed by atoms with Crippen LogP contribution in [-0.2, 0) is 0 Å². The van der Waals surface area contributed by atoms with Crippen molar-refractivity contribution in [3.8, 4) is 0 Å². The van der Waals surface area contributed by atoms with Crippen LogP contribution in [0, 0.1) is 5.41 Å². The van der Waals surface area contributed by atoms with Gasteiger partial charge in [-0.2, -0.15) is 0 Å². The van der Waals surface area contributed by atoms with E-state index in [0.717, 1.165) is 12.8 Å². The molecule has 2 aliphatic carbocycles. The van der Waals surface area contributed by atoms with Gasteiger partial charge in [-0.25, -0.2) is 0 Å². The van der Waals surface area contributed by atoms with Crippen LogP contribution in [0.15, 0.2) is 0 Å². The summed E-state index contributed by atoms with van der Waals surface area (Å²) in [5.41, 5.74) is 0.558. The third kappa shape index (κ3) is 2.84. The summed E-state index contributed by atoms with van der Waals surface area (Å²) >= 11 is 0. The molecule has 1 N–H and O–H groups in total. The van der Waals surface area contributed by atoms with Crippen LogP contribution in [0.1, 0.15) is 51.4 Å². The Kier molecular flexibility index (Phi) is 4.16. The Hall–Kier alpha value is -0.120. The molecule has 3 fully saturated rings. The number of likely N-dealkylation sites (N-methyl/N-ethyl adjacent to an activating group) is 1. The molecule has 1 heterocycles. The molecule has 0 bridgehead atoms. The van der Waals surface area contributed by atoms with Gasteiger partial charge in [0.1, 0.15) is 0 Å². The highest BCUT2D eigenvalue weighted by atomic mass is 16.3. The Balaban J connectivity index is 1.74. The van der Waals surface area contributed by atoms with Crippen LogP contribution in [-0.4, -0.2) is 60.3 Å².